The molecule has 0 bridgehead atoms. The first kappa shape index (κ1) is 12.7. The fourth-order valence-electron chi connectivity index (χ4n) is 2.10. The molecule has 2 aromatic heterocycles. The summed E-state index contributed by atoms with van der Waals surface area (Å²) >= 11 is 0. The second-order valence-corrected chi connectivity index (χ2v) is 4.55. The number of nitrogens with one attached hydrogen (secondary N) is 1. The maximum Gasteiger partial charge on any atom is 0.258 e. The van der Waals surface area contributed by atoms with Crippen LogP contribution in [0.3, 0.4) is 0 Å². The zero-order valence-electron chi connectivity index (χ0n) is 11.1. The summed E-state index contributed by atoms with van der Waals surface area (Å²) in [6, 6.07) is 0.303. The average Bonchev–Trinajstić information content (AvgIpc) is 2.89. The fraction of sp³-hybridized carbons (Fsp3) is 0.545. The molecule has 0 saturated heterocycles. The first-order valence-electron chi connectivity index (χ1n) is 6.49. The predicted molar refractivity (Wildman–Crippen MR) is 71.2 cm³/mol. The molecular formula is C11H16N8O. The van der Waals surface area contributed by atoms with E-state index < -0.39 is 0 Å². The molecule has 2 aromatic rings. The van der Waals surface area contributed by atoms with Crippen LogP contribution in [0, 0.1) is 0 Å². The third kappa shape index (κ3) is 2.67. The second kappa shape index (κ2) is 5.37. The van der Waals surface area contributed by atoms with Gasteiger partial charge in [-0.1, -0.05) is 0 Å². The number of rotatable bonds is 5. The Kier molecular flexibility index (Phi) is 3.42. The molecule has 1 aliphatic carbocycles. The van der Waals surface area contributed by atoms with Gasteiger partial charge in [-0.2, -0.15) is 24.7 Å². The number of anilines is 2. The van der Waals surface area contributed by atoms with E-state index >= 15 is 0 Å². The lowest BCUT2D eigenvalue weighted by molar-refractivity contribution is 0.00285. The summed E-state index contributed by atoms with van der Waals surface area (Å²) in [6.07, 6.45) is 5.13. The minimum atomic E-state index is 0.147. The van der Waals surface area contributed by atoms with Crippen molar-refractivity contribution in [2.45, 2.75) is 31.9 Å². The van der Waals surface area contributed by atoms with Crippen LogP contribution >= 0.6 is 0 Å². The summed E-state index contributed by atoms with van der Waals surface area (Å²) in [5.74, 6) is 0.940. The van der Waals surface area contributed by atoms with Crippen LogP contribution in [-0.4, -0.2) is 48.5 Å². The van der Waals surface area contributed by atoms with E-state index in [1.54, 1.807) is 0 Å². The Morgan fingerprint density at radius 2 is 2.25 bits per heavy atom. The van der Waals surface area contributed by atoms with Crippen molar-refractivity contribution in [3.05, 3.63) is 12.7 Å². The summed E-state index contributed by atoms with van der Waals surface area (Å²) in [6.45, 7) is 2.74. The highest BCUT2D eigenvalue weighted by atomic mass is 16.5. The molecule has 20 heavy (non-hydrogen) atoms. The third-order valence-corrected chi connectivity index (χ3v) is 3.09. The highest BCUT2D eigenvalue weighted by molar-refractivity contribution is 5.36. The van der Waals surface area contributed by atoms with E-state index in [1.807, 2.05) is 6.92 Å². The van der Waals surface area contributed by atoms with Gasteiger partial charge in [0.1, 0.15) is 12.7 Å². The number of hydrogen-bond acceptors (Lipinski definition) is 8. The van der Waals surface area contributed by atoms with E-state index in [1.165, 1.54) is 17.3 Å². The lowest BCUT2D eigenvalue weighted by Gasteiger charge is -2.35. The van der Waals surface area contributed by atoms with Crippen molar-refractivity contribution in [1.82, 2.24) is 29.7 Å². The van der Waals surface area contributed by atoms with E-state index in [0.29, 0.717) is 24.0 Å². The number of hydrogen-bond donors (Lipinski definition) is 2. The largest absolute Gasteiger partial charge is 0.378 e. The van der Waals surface area contributed by atoms with Gasteiger partial charge in [-0.15, -0.1) is 0 Å². The summed E-state index contributed by atoms with van der Waals surface area (Å²) in [5, 5.41) is 7.19. The van der Waals surface area contributed by atoms with Crippen LogP contribution in [0.15, 0.2) is 12.7 Å². The number of ether oxygens (including phenoxy) is 1. The van der Waals surface area contributed by atoms with Gasteiger partial charge >= 0.3 is 0 Å². The lowest BCUT2D eigenvalue weighted by Crippen LogP contribution is -2.41. The van der Waals surface area contributed by atoms with Crippen LogP contribution < -0.4 is 11.1 Å². The van der Waals surface area contributed by atoms with E-state index in [4.69, 9.17) is 10.5 Å². The van der Waals surface area contributed by atoms with E-state index in [0.717, 1.165) is 19.4 Å². The first-order chi connectivity index (χ1) is 9.74. The zero-order chi connectivity index (χ0) is 13.9. The van der Waals surface area contributed by atoms with Gasteiger partial charge in [-0.05, 0) is 19.8 Å². The van der Waals surface area contributed by atoms with Crippen molar-refractivity contribution < 1.29 is 4.74 Å². The molecule has 3 N–H and O–H groups in total. The topological polar surface area (TPSA) is 117 Å². The van der Waals surface area contributed by atoms with Crippen molar-refractivity contribution in [2.24, 2.45) is 0 Å². The maximum absolute atomic E-state index is 5.69. The van der Waals surface area contributed by atoms with E-state index in [-0.39, 0.29) is 5.95 Å². The molecule has 3 rings (SSSR count). The Morgan fingerprint density at radius 1 is 1.40 bits per heavy atom. The summed E-state index contributed by atoms with van der Waals surface area (Å²) < 4.78 is 6.95. The molecule has 9 heteroatoms. The van der Waals surface area contributed by atoms with Crippen molar-refractivity contribution in [3.63, 3.8) is 0 Å². The molecule has 0 radical (unpaired) electrons. The SMILES string of the molecule is CCOC1CC(Nc2nc(N)nc(-n3cncn3)n2)C1. The van der Waals surface area contributed by atoms with Gasteiger partial charge in [0, 0.05) is 12.6 Å². The molecule has 1 saturated carbocycles. The van der Waals surface area contributed by atoms with Crippen LogP contribution in [-0.2, 0) is 4.74 Å². The molecule has 0 unspecified atom stereocenters. The third-order valence-electron chi connectivity index (χ3n) is 3.09. The minimum absolute atomic E-state index is 0.147. The molecular weight excluding hydrogens is 260 g/mol. The van der Waals surface area contributed by atoms with Crippen LogP contribution in [0.25, 0.3) is 5.95 Å². The van der Waals surface area contributed by atoms with Gasteiger partial charge in [0.25, 0.3) is 5.95 Å². The number of nitrogens with zero attached hydrogens (tertiary/aromatic N) is 6. The van der Waals surface area contributed by atoms with Crippen molar-refractivity contribution >= 4 is 11.9 Å². The van der Waals surface area contributed by atoms with Gasteiger partial charge in [-0.3, -0.25) is 0 Å². The second-order valence-electron chi connectivity index (χ2n) is 4.55. The monoisotopic (exact) mass is 276 g/mol. The molecule has 1 aliphatic rings. The molecule has 0 aromatic carbocycles. The highest BCUT2D eigenvalue weighted by Gasteiger charge is 2.30. The van der Waals surface area contributed by atoms with Gasteiger partial charge in [-0.25, -0.2) is 4.98 Å². The molecule has 2 heterocycles. The van der Waals surface area contributed by atoms with Gasteiger partial charge in [0.05, 0.1) is 6.10 Å². The van der Waals surface area contributed by atoms with Crippen molar-refractivity contribution in [1.29, 1.82) is 0 Å². The number of nitrogens with two attached hydrogens (primary N) is 1. The maximum atomic E-state index is 5.69. The normalized spacial score (nSPS) is 21.4. The van der Waals surface area contributed by atoms with Crippen LogP contribution in [0.2, 0.25) is 0 Å². The summed E-state index contributed by atoms with van der Waals surface area (Å²) in [5.41, 5.74) is 5.69. The van der Waals surface area contributed by atoms with Crippen LogP contribution in [0.1, 0.15) is 19.8 Å². The Bertz CT molecular complexity index is 566. The number of aromatic nitrogens is 6. The molecule has 0 aliphatic heterocycles. The molecule has 1 fully saturated rings. The average molecular weight is 276 g/mol. The Hall–Kier alpha value is -2.29. The van der Waals surface area contributed by atoms with Crippen LogP contribution in [0.5, 0.6) is 0 Å². The minimum Gasteiger partial charge on any atom is -0.378 e. The van der Waals surface area contributed by atoms with Gasteiger partial charge < -0.3 is 15.8 Å². The van der Waals surface area contributed by atoms with E-state index in [9.17, 15) is 0 Å². The van der Waals surface area contributed by atoms with Crippen molar-refractivity contribution in [3.8, 4) is 5.95 Å². The molecule has 106 valence electrons. The molecule has 0 amide bonds. The predicted octanol–water partition coefficient (Wildman–Crippen LogP) is 0.0139. The highest BCUT2D eigenvalue weighted by Crippen LogP contribution is 2.25. The lowest BCUT2D eigenvalue weighted by atomic mass is 9.89. The molecule has 9 nitrogen and oxygen atoms in total. The van der Waals surface area contributed by atoms with Crippen LogP contribution in [0.4, 0.5) is 11.9 Å². The number of nitrogen functional groups attached to an aromatic ring is 1. The zero-order valence-corrected chi connectivity index (χ0v) is 11.1. The van der Waals surface area contributed by atoms with Crippen molar-refractivity contribution in [2.75, 3.05) is 17.7 Å². The van der Waals surface area contributed by atoms with Gasteiger partial charge in [0.15, 0.2) is 0 Å². The smallest absolute Gasteiger partial charge is 0.258 e. The molecule has 0 spiro atoms. The van der Waals surface area contributed by atoms with E-state index in [2.05, 4.69) is 30.4 Å². The summed E-state index contributed by atoms with van der Waals surface area (Å²) in [4.78, 5) is 16.2. The van der Waals surface area contributed by atoms with Gasteiger partial charge in [0.2, 0.25) is 11.9 Å². The Balaban J connectivity index is 1.68. The molecule has 0 atom stereocenters. The Morgan fingerprint density at radius 3 is 2.95 bits per heavy atom. The Labute approximate surface area is 115 Å². The first-order valence-corrected chi connectivity index (χ1v) is 6.49. The standard InChI is InChI=1S/C11H16N8O/c1-2-20-8-3-7(4-8)15-10-16-9(12)17-11(18-10)19-6-13-5-14-19/h5-8H,2-4H2,1H3,(H3,12,15,16,17,18). The summed E-state index contributed by atoms with van der Waals surface area (Å²) in [7, 11) is 0. The fourth-order valence-corrected chi connectivity index (χ4v) is 2.10. The quantitative estimate of drug-likeness (QED) is 0.784.